The summed E-state index contributed by atoms with van der Waals surface area (Å²) in [6, 6.07) is 6.79. The van der Waals surface area contributed by atoms with Crippen molar-refractivity contribution in [3.05, 3.63) is 29.8 Å². The molecule has 0 heterocycles. The smallest absolute Gasteiger partial charge is 0.412 e. The average Bonchev–Trinajstić information content (AvgIpc) is 2.33. The summed E-state index contributed by atoms with van der Waals surface area (Å²) in [7, 11) is -1.63. The number of carbonyl (C=O) groups is 2. The summed E-state index contributed by atoms with van der Waals surface area (Å²) in [6.45, 7) is 11.5. The second kappa shape index (κ2) is 6.80. The highest BCUT2D eigenvalue weighted by Gasteiger charge is 2.18. The van der Waals surface area contributed by atoms with Gasteiger partial charge in [-0.25, -0.2) is 4.79 Å². The Hall–Kier alpha value is -2.06. The summed E-state index contributed by atoms with van der Waals surface area (Å²) in [5.74, 6) is 2.38. The molecule has 0 saturated carbocycles. The Morgan fingerprint density at radius 2 is 1.73 bits per heavy atom. The first kappa shape index (κ1) is 18.0. The van der Waals surface area contributed by atoms with Gasteiger partial charge in [-0.05, 0) is 38.8 Å². The van der Waals surface area contributed by atoms with Gasteiger partial charge in [0, 0.05) is 0 Å². The molecule has 0 fully saturated rings. The summed E-state index contributed by atoms with van der Waals surface area (Å²) < 4.78 is 5.20. The first-order chi connectivity index (χ1) is 9.98. The van der Waals surface area contributed by atoms with E-state index < -0.39 is 19.8 Å². The van der Waals surface area contributed by atoms with E-state index in [1.54, 1.807) is 45.0 Å². The highest BCUT2D eigenvalue weighted by atomic mass is 28.3. The molecule has 4 nitrogen and oxygen atoms in total. The van der Waals surface area contributed by atoms with E-state index in [4.69, 9.17) is 4.74 Å². The summed E-state index contributed by atoms with van der Waals surface area (Å²) in [6.07, 6.45) is -0.592. The number of amides is 1. The minimum Gasteiger partial charge on any atom is -0.444 e. The van der Waals surface area contributed by atoms with Gasteiger partial charge in [0.05, 0.1) is 11.3 Å². The zero-order valence-electron chi connectivity index (χ0n) is 14.0. The van der Waals surface area contributed by atoms with Crippen LogP contribution in [0, 0.1) is 11.5 Å². The molecular formula is C17H23NO3Si. The summed E-state index contributed by atoms with van der Waals surface area (Å²) in [4.78, 5) is 24.1. The van der Waals surface area contributed by atoms with Gasteiger partial charge in [0.2, 0.25) is 5.78 Å². The van der Waals surface area contributed by atoms with Crippen LogP contribution in [0.15, 0.2) is 24.3 Å². The third-order valence-electron chi connectivity index (χ3n) is 2.36. The van der Waals surface area contributed by atoms with Gasteiger partial charge >= 0.3 is 6.09 Å². The van der Waals surface area contributed by atoms with Crippen molar-refractivity contribution in [3.8, 4) is 11.5 Å². The number of benzene rings is 1. The molecule has 0 aromatic heterocycles. The molecule has 1 N–H and O–H groups in total. The molecule has 5 heteroatoms. The second-order valence-corrected chi connectivity index (χ2v) is 11.8. The largest absolute Gasteiger partial charge is 0.444 e. The number of ether oxygens (including phenoxy) is 1. The summed E-state index contributed by atoms with van der Waals surface area (Å²) in [5.41, 5.74) is 3.22. The number of hydrogen-bond donors (Lipinski definition) is 1. The van der Waals surface area contributed by atoms with Gasteiger partial charge in [0.1, 0.15) is 13.7 Å². The molecule has 1 aromatic rings. The van der Waals surface area contributed by atoms with Crippen molar-refractivity contribution < 1.29 is 14.3 Å². The molecule has 22 heavy (non-hydrogen) atoms. The number of rotatable bonds is 2. The minimum absolute atomic E-state index is 0.297. The zero-order chi connectivity index (χ0) is 17.0. The number of carbonyl (C=O) groups excluding carboxylic acids is 2. The van der Waals surface area contributed by atoms with Crippen molar-refractivity contribution >= 4 is 25.6 Å². The Bertz CT molecular complexity index is 628. The summed E-state index contributed by atoms with van der Waals surface area (Å²) >= 11 is 0. The molecule has 1 aromatic carbocycles. The Labute approximate surface area is 133 Å². The van der Waals surface area contributed by atoms with E-state index in [0.29, 0.717) is 11.3 Å². The van der Waals surface area contributed by atoms with Crippen molar-refractivity contribution in [3.63, 3.8) is 0 Å². The predicted molar refractivity (Wildman–Crippen MR) is 91.8 cm³/mol. The molecule has 0 aliphatic rings. The lowest BCUT2D eigenvalue weighted by Gasteiger charge is -2.20. The number of ketones is 1. The highest BCUT2D eigenvalue weighted by Crippen LogP contribution is 2.17. The maximum Gasteiger partial charge on any atom is 0.412 e. The zero-order valence-corrected chi connectivity index (χ0v) is 15.0. The molecular weight excluding hydrogens is 294 g/mol. The predicted octanol–water partition coefficient (Wildman–Crippen LogP) is 4.10. The Morgan fingerprint density at radius 1 is 1.14 bits per heavy atom. The third-order valence-corrected chi connectivity index (χ3v) is 3.23. The normalized spacial score (nSPS) is 11.2. The Kier molecular flexibility index (Phi) is 5.56. The van der Waals surface area contributed by atoms with Crippen LogP contribution in [0.2, 0.25) is 19.6 Å². The number of para-hydroxylation sites is 1. The second-order valence-electron chi connectivity index (χ2n) is 7.00. The van der Waals surface area contributed by atoms with Crippen molar-refractivity contribution in [2.24, 2.45) is 0 Å². The Balaban J connectivity index is 2.97. The lowest BCUT2D eigenvalue weighted by Crippen LogP contribution is -2.27. The fraction of sp³-hybridized carbons (Fsp3) is 0.412. The molecule has 0 aliphatic carbocycles. The van der Waals surface area contributed by atoms with Gasteiger partial charge in [-0.15, -0.1) is 5.54 Å². The van der Waals surface area contributed by atoms with Crippen LogP contribution >= 0.6 is 0 Å². The monoisotopic (exact) mass is 317 g/mol. The lowest BCUT2D eigenvalue weighted by molar-refractivity contribution is 0.0636. The molecule has 118 valence electrons. The molecule has 0 unspecified atom stereocenters. The fourth-order valence-corrected chi connectivity index (χ4v) is 2.00. The average molecular weight is 317 g/mol. The molecule has 0 radical (unpaired) electrons. The van der Waals surface area contributed by atoms with Crippen molar-refractivity contribution in [2.45, 2.75) is 46.0 Å². The molecule has 0 spiro atoms. The standard InChI is InChI=1S/C17H23NO3Si/c1-17(2,3)21-16(20)18-14-10-8-7-9-13(14)15(19)11-12-22(4,5)6/h7-10H,1-6H3,(H,18,20). The first-order valence-corrected chi connectivity index (χ1v) is 10.6. The quantitative estimate of drug-likeness (QED) is 0.507. The van der Waals surface area contributed by atoms with Crippen LogP contribution in [-0.2, 0) is 4.74 Å². The minimum atomic E-state index is -1.63. The van der Waals surface area contributed by atoms with Crippen molar-refractivity contribution in [1.82, 2.24) is 0 Å². The van der Waals surface area contributed by atoms with E-state index in [9.17, 15) is 9.59 Å². The van der Waals surface area contributed by atoms with Gasteiger partial charge < -0.3 is 4.74 Å². The van der Waals surface area contributed by atoms with Gasteiger partial charge in [-0.3, -0.25) is 10.1 Å². The van der Waals surface area contributed by atoms with Crippen LogP contribution < -0.4 is 5.32 Å². The SMILES string of the molecule is CC(C)(C)OC(=O)Nc1ccccc1C(=O)C#C[Si](C)(C)C. The highest BCUT2D eigenvalue weighted by molar-refractivity contribution is 6.84. The molecule has 0 aliphatic heterocycles. The Morgan fingerprint density at radius 3 is 2.27 bits per heavy atom. The number of Topliss-reactive ketones (excluding diaryl/α,β-unsaturated/α-hetero) is 1. The first-order valence-electron chi connectivity index (χ1n) is 7.14. The number of hydrogen-bond acceptors (Lipinski definition) is 3. The number of anilines is 1. The van der Waals surface area contributed by atoms with Gasteiger partial charge in [0.25, 0.3) is 0 Å². The van der Waals surface area contributed by atoms with Crippen molar-refractivity contribution in [1.29, 1.82) is 0 Å². The van der Waals surface area contributed by atoms with E-state index in [0.717, 1.165) is 0 Å². The van der Waals surface area contributed by atoms with Crippen LogP contribution in [0.25, 0.3) is 0 Å². The summed E-state index contributed by atoms with van der Waals surface area (Å²) in [5, 5.41) is 2.61. The maximum atomic E-state index is 12.2. The van der Waals surface area contributed by atoms with E-state index in [-0.39, 0.29) is 5.78 Å². The molecule has 1 rings (SSSR count). The van der Waals surface area contributed by atoms with Gasteiger partial charge in [-0.2, -0.15) is 0 Å². The van der Waals surface area contributed by atoms with E-state index in [2.05, 4.69) is 36.4 Å². The van der Waals surface area contributed by atoms with Crippen LogP contribution in [0.3, 0.4) is 0 Å². The van der Waals surface area contributed by atoms with Crippen LogP contribution in [0.1, 0.15) is 31.1 Å². The molecule has 0 bridgehead atoms. The lowest BCUT2D eigenvalue weighted by atomic mass is 10.1. The van der Waals surface area contributed by atoms with Gasteiger partial charge in [0.15, 0.2) is 0 Å². The third kappa shape index (κ3) is 6.59. The van der Waals surface area contributed by atoms with Gasteiger partial charge in [-0.1, -0.05) is 31.8 Å². The van der Waals surface area contributed by atoms with Crippen LogP contribution in [0.5, 0.6) is 0 Å². The molecule has 0 saturated heterocycles. The fourth-order valence-electron chi connectivity index (χ4n) is 1.52. The van der Waals surface area contributed by atoms with Crippen molar-refractivity contribution in [2.75, 3.05) is 5.32 Å². The molecule has 1 amide bonds. The molecule has 0 atom stereocenters. The van der Waals surface area contributed by atoms with E-state index in [1.807, 2.05) is 0 Å². The van der Waals surface area contributed by atoms with Crippen LogP contribution in [-0.4, -0.2) is 25.6 Å². The van der Waals surface area contributed by atoms with E-state index >= 15 is 0 Å². The van der Waals surface area contributed by atoms with Crippen LogP contribution in [0.4, 0.5) is 10.5 Å². The topological polar surface area (TPSA) is 55.4 Å². The number of nitrogens with one attached hydrogen (secondary N) is 1. The maximum absolute atomic E-state index is 12.2. The van der Waals surface area contributed by atoms with E-state index in [1.165, 1.54) is 0 Å².